The van der Waals surface area contributed by atoms with Gasteiger partial charge < -0.3 is 14.4 Å². The van der Waals surface area contributed by atoms with E-state index >= 15 is 0 Å². The molecular weight excluding hydrogens is 502 g/mol. The second-order valence-electron chi connectivity index (χ2n) is 10.0. The van der Waals surface area contributed by atoms with E-state index in [1.54, 1.807) is 24.3 Å². The molecule has 0 aromatic heterocycles. The normalized spacial score (nSPS) is 22.1. The molecule has 2 heterocycles. The maximum Gasteiger partial charge on any atom is 0.316 e. The number of fused-ring (bicyclic) bond motifs is 2. The van der Waals surface area contributed by atoms with Gasteiger partial charge in [-0.25, -0.2) is 0 Å². The molecule has 2 saturated heterocycles. The first-order chi connectivity index (χ1) is 18.4. The van der Waals surface area contributed by atoms with Crippen LogP contribution >= 0.6 is 0 Å². The van der Waals surface area contributed by atoms with Gasteiger partial charge in [0.15, 0.2) is 0 Å². The van der Waals surface area contributed by atoms with E-state index in [1.165, 1.54) is 12.1 Å². The van der Waals surface area contributed by atoms with Crippen molar-refractivity contribution in [1.29, 1.82) is 0 Å². The Balaban J connectivity index is 1.22. The van der Waals surface area contributed by atoms with Crippen LogP contribution in [0, 0.1) is 0 Å². The Morgan fingerprint density at radius 3 is 2.13 bits per heavy atom. The van der Waals surface area contributed by atoms with Crippen molar-refractivity contribution in [3.05, 3.63) is 96.1 Å². The minimum atomic E-state index is -4.10. The van der Waals surface area contributed by atoms with Crippen molar-refractivity contribution < 1.29 is 26.9 Å². The van der Waals surface area contributed by atoms with E-state index in [2.05, 4.69) is 11.9 Å². The summed E-state index contributed by atoms with van der Waals surface area (Å²) in [6.45, 7) is 0.0417. The summed E-state index contributed by atoms with van der Waals surface area (Å²) in [5, 5.41) is 0. The molecule has 0 saturated carbocycles. The molecule has 2 fully saturated rings. The fraction of sp³-hybridized carbons (Fsp3) is 0.367. The van der Waals surface area contributed by atoms with Gasteiger partial charge in [0.05, 0.1) is 11.5 Å². The lowest BCUT2D eigenvalue weighted by Gasteiger charge is -2.36. The Labute approximate surface area is 224 Å². The number of nitrogens with zero attached hydrogens (tertiary/aromatic N) is 1. The van der Waals surface area contributed by atoms with E-state index in [0.717, 1.165) is 31.2 Å². The Bertz CT molecular complexity index is 1300. The van der Waals surface area contributed by atoms with Crippen LogP contribution < -0.4 is 4.74 Å². The van der Waals surface area contributed by atoms with Crippen molar-refractivity contribution in [3.63, 3.8) is 0 Å². The van der Waals surface area contributed by atoms with Crippen molar-refractivity contribution in [3.8, 4) is 5.75 Å². The van der Waals surface area contributed by atoms with Crippen molar-refractivity contribution in [2.75, 3.05) is 13.7 Å². The molecular formula is C30H33NO6S. The lowest BCUT2D eigenvalue weighted by molar-refractivity contribution is -0.155. The summed E-state index contributed by atoms with van der Waals surface area (Å²) >= 11 is 0. The van der Waals surface area contributed by atoms with Crippen LogP contribution in [0.25, 0.3) is 0 Å². The topological polar surface area (TPSA) is 82.1 Å². The highest BCUT2D eigenvalue weighted by Gasteiger charge is 2.40. The molecule has 3 atom stereocenters. The van der Waals surface area contributed by atoms with E-state index in [0.29, 0.717) is 30.0 Å². The van der Waals surface area contributed by atoms with Crippen molar-refractivity contribution >= 4 is 16.1 Å². The Kier molecular flexibility index (Phi) is 8.12. The highest BCUT2D eigenvalue weighted by atomic mass is 32.2. The van der Waals surface area contributed by atoms with Gasteiger partial charge >= 0.3 is 5.97 Å². The smallest absolute Gasteiger partial charge is 0.316 e. The third-order valence-electron chi connectivity index (χ3n) is 7.57. The zero-order chi connectivity index (χ0) is 26.5. The van der Waals surface area contributed by atoms with E-state index < -0.39 is 22.0 Å². The SMILES string of the molecule is CN1C2CCC1CC(OC(=O)C(COS(=O)(=O)c1ccc(OCc3ccccc3)cc1)c1ccccc1)C2. The largest absolute Gasteiger partial charge is 0.489 e. The number of rotatable bonds is 10. The first-order valence-corrected chi connectivity index (χ1v) is 14.4. The summed E-state index contributed by atoms with van der Waals surface area (Å²) < 4.78 is 43.0. The summed E-state index contributed by atoms with van der Waals surface area (Å²) in [5.74, 6) is -0.757. The van der Waals surface area contributed by atoms with E-state index in [9.17, 15) is 13.2 Å². The molecule has 8 heteroatoms. The Morgan fingerprint density at radius 2 is 1.50 bits per heavy atom. The van der Waals surface area contributed by atoms with E-state index in [1.807, 2.05) is 48.5 Å². The molecule has 3 aromatic carbocycles. The number of piperidine rings is 1. The average molecular weight is 536 g/mol. The molecule has 3 aromatic rings. The van der Waals surface area contributed by atoms with Gasteiger partial charge in [-0.15, -0.1) is 0 Å². The van der Waals surface area contributed by atoms with Gasteiger partial charge in [0, 0.05) is 12.1 Å². The number of carbonyl (C=O) groups excluding carboxylic acids is 1. The van der Waals surface area contributed by atoms with Gasteiger partial charge in [0.25, 0.3) is 10.1 Å². The molecule has 0 amide bonds. The molecule has 200 valence electrons. The molecule has 38 heavy (non-hydrogen) atoms. The van der Waals surface area contributed by atoms with Gasteiger partial charge in [-0.1, -0.05) is 60.7 Å². The second-order valence-corrected chi connectivity index (χ2v) is 11.6. The molecule has 0 aliphatic carbocycles. The van der Waals surface area contributed by atoms with Gasteiger partial charge in [0.1, 0.15) is 24.4 Å². The van der Waals surface area contributed by atoms with Gasteiger partial charge in [0.2, 0.25) is 0 Å². The number of carbonyl (C=O) groups is 1. The molecule has 0 radical (unpaired) electrons. The van der Waals surface area contributed by atoms with Crippen LogP contribution in [0.15, 0.2) is 89.8 Å². The number of hydrogen-bond acceptors (Lipinski definition) is 7. The molecule has 2 aliphatic heterocycles. The number of hydrogen-bond donors (Lipinski definition) is 0. The molecule has 2 aliphatic rings. The van der Waals surface area contributed by atoms with Crippen molar-refractivity contribution in [1.82, 2.24) is 4.90 Å². The molecule has 2 bridgehead atoms. The van der Waals surface area contributed by atoms with Crippen LogP contribution in [-0.4, -0.2) is 51.1 Å². The van der Waals surface area contributed by atoms with Gasteiger partial charge in [-0.2, -0.15) is 8.42 Å². The summed E-state index contributed by atoms with van der Waals surface area (Å²) in [4.78, 5) is 15.7. The van der Waals surface area contributed by atoms with Crippen LogP contribution in [-0.2, 0) is 30.4 Å². The van der Waals surface area contributed by atoms with Crippen molar-refractivity contribution in [2.45, 2.75) is 61.3 Å². The minimum Gasteiger partial charge on any atom is -0.489 e. The second kappa shape index (κ2) is 11.7. The monoisotopic (exact) mass is 535 g/mol. The maximum atomic E-state index is 13.3. The Morgan fingerprint density at radius 1 is 0.895 bits per heavy atom. The number of benzene rings is 3. The predicted molar refractivity (Wildman–Crippen MR) is 143 cm³/mol. The highest BCUT2D eigenvalue weighted by Crippen LogP contribution is 2.36. The molecule has 0 N–H and O–H groups in total. The third-order valence-corrected chi connectivity index (χ3v) is 8.87. The number of esters is 1. The predicted octanol–water partition coefficient (Wildman–Crippen LogP) is 4.92. The quantitative estimate of drug-likeness (QED) is 0.269. The molecule has 7 nitrogen and oxygen atoms in total. The fourth-order valence-electron chi connectivity index (χ4n) is 5.36. The third kappa shape index (κ3) is 6.26. The zero-order valence-electron chi connectivity index (χ0n) is 21.4. The van der Waals surface area contributed by atoms with Crippen LogP contribution in [0.1, 0.15) is 42.7 Å². The summed E-state index contributed by atoms with van der Waals surface area (Å²) in [6, 6.07) is 25.7. The fourth-order valence-corrected chi connectivity index (χ4v) is 6.28. The molecule has 3 unspecified atom stereocenters. The molecule has 0 spiro atoms. The minimum absolute atomic E-state index is 0.00312. The lowest BCUT2D eigenvalue weighted by atomic mass is 9.98. The standard InChI is InChI=1S/C30H33NO6S/c1-31-24-12-13-25(31)19-27(18-24)37-30(32)29(23-10-6-3-7-11-23)21-36-38(33,34)28-16-14-26(15-17-28)35-20-22-8-4-2-5-9-22/h2-11,14-17,24-25,27,29H,12-13,18-21H2,1H3. The van der Waals surface area contributed by atoms with E-state index in [4.69, 9.17) is 13.7 Å². The first-order valence-electron chi connectivity index (χ1n) is 13.0. The lowest BCUT2D eigenvalue weighted by Crippen LogP contribution is -2.44. The maximum absolute atomic E-state index is 13.3. The summed E-state index contributed by atoms with van der Waals surface area (Å²) in [6.07, 6.45) is 3.68. The molecule has 5 rings (SSSR count). The van der Waals surface area contributed by atoms with Crippen LogP contribution in [0.3, 0.4) is 0 Å². The van der Waals surface area contributed by atoms with E-state index in [-0.39, 0.29) is 17.6 Å². The van der Waals surface area contributed by atoms with Gasteiger partial charge in [-0.05, 0) is 68.1 Å². The first kappa shape index (κ1) is 26.4. The number of ether oxygens (including phenoxy) is 2. The highest BCUT2D eigenvalue weighted by molar-refractivity contribution is 7.86. The van der Waals surface area contributed by atoms with Crippen LogP contribution in [0.5, 0.6) is 5.75 Å². The zero-order valence-corrected chi connectivity index (χ0v) is 22.3. The van der Waals surface area contributed by atoms with Crippen LogP contribution in [0.2, 0.25) is 0 Å². The van der Waals surface area contributed by atoms with Gasteiger partial charge in [-0.3, -0.25) is 8.98 Å². The van der Waals surface area contributed by atoms with Crippen molar-refractivity contribution in [2.24, 2.45) is 0 Å². The van der Waals surface area contributed by atoms with Crippen LogP contribution in [0.4, 0.5) is 0 Å². The summed E-state index contributed by atoms with van der Waals surface area (Å²) in [7, 11) is -1.97. The Hall–Kier alpha value is -3.20. The summed E-state index contributed by atoms with van der Waals surface area (Å²) in [5.41, 5.74) is 1.67. The average Bonchev–Trinajstić information content (AvgIpc) is 3.13.